The molecule has 0 aromatic heterocycles. The first-order valence-electron chi connectivity index (χ1n) is 9.12. The van der Waals surface area contributed by atoms with E-state index in [-0.39, 0.29) is 35.1 Å². The van der Waals surface area contributed by atoms with Gasteiger partial charge in [0, 0.05) is 24.1 Å². The van der Waals surface area contributed by atoms with Crippen molar-refractivity contribution in [1.29, 1.82) is 0 Å². The molecule has 7 heteroatoms. The molecule has 0 spiro atoms. The summed E-state index contributed by atoms with van der Waals surface area (Å²) < 4.78 is 35.8. The van der Waals surface area contributed by atoms with Crippen LogP contribution in [0.2, 0.25) is 0 Å². The average Bonchev–Trinajstić information content (AvgIpc) is 2.66. The molecule has 0 aliphatic heterocycles. The van der Waals surface area contributed by atoms with Crippen LogP contribution in [0.3, 0.4) is 0 Å². The predicted octanol–water partition coefficient (Wildman–Crippen LogP) is 3.86. The molecule has 0 fully saturated rings. The summed E-state index contributed by atoms with van der Waals surface area (Å²) in [5.41, 5.74) is 0.627. The van der Waals surface area contributed by atoms with E-state index in [2.05, 4.69) is 0 Å². The quantitative estimate of drug-likeness (QED) is 0.624. The summed E-state index contributed by atoms with van der Waals surface area (Å²) in [7, 11) is -2.50. The smallest absolute Gasteiger partial charge is 0.339 e. The second kappa shape index (κ2) is 9.10. The normalized spacial score (nSPS) is 11.5. The Balaban J connectivity index is 2.31. The van der Waals surface area contributed by atoms with Gasteiger partial charge in [-0.25, -0.2) is 0 Å². The van der Waals surface area contributed by atoms with Gasteiger partial charge in [0.05, 0.1) is 7.11 Å². The van der Waals surface area contributed by atoms with E-state index in [0.717, 1.165) is 0 Å². The molecule has 6 nitrogen and oxygen atoms in total. The summed E-state index contributed by atoms with van der Waals surface area (Å²) in [6, 6.07) is 12.8. The Hall–Kier alpha value is -2.54. The van der Waals surface area contributed by atoms with Gasteiger partial charge in [0.2, 0.25) is 5.91 Å². The molecule has 0 radical (unpaired) electrons. The van der Waals surface area contributed by atoms with Crippen molar-refractivity contribution in [2.45, 2.75) is 45.2 Å². The number of carbonyl (C=O) groups is 1. The molecule has 1 amide bonds. The molecular formula is C21H27NO5S. The van der Waals surface area contributed by atoms with Gasteiger partial charge < -0.3 is 13.8 Å². The fourth-order valence-electron chi connectivity index (χ4n) is 2.65. The maximum Gasteiger partial charge on any atom is 0.339 e. The molecule has 2 aromatic rings. The van der Waals surface area contributed by atoms with Gasteiger partial charge in [-0.1, -0.05) is 32.0 Å². The zero-order chi connectivity index (χ0) is 20.9. The number of hydrogen-bond donors (Lipinski definition) is 0. The van der Waals surface area contributed by atoms with Crippen LogP contribution in [-0.2, 0) is 21.5 Å². The molecule has 0 unspecified atom stereocenters. The maximum atomic E-state index is 12.7. The Labute approximate surface area is 167 Å². The van der Waals surface area contributed by atoms with E-state index < -0.39 is 10.1 Å². The third-order valence-corrected chi connectivity index (χ3v) is 5.51. The highest BCUT2D eigenvalue weighted by Gasteiger charge is 2.23. The minimum absolute atomic E-state index is 0.00261. The molecule has 0 aliphatic carbocycles. The van der Waals surface area contributed by atoms with Crippen molar-refractivity contribution in [2.75, 3.05) is 7.11 Å². The standard InChI is InChI=1S/C21H27NO5S/c1-15(2)21(23)22(16(3)4)14-17-8-6-7-9-20(17)27-28(24,25)19-12-10-18(26-5)11-13-19/h6-13,15-16H,14H2,1-5H3. The van der Waals surface area contributed by atoms with Crippen molar-refractivity contribution >= 4 is 16.0 Å². The first kappa shape index (κ1) is 21.8. The number of rotatable bonds is 8. The predicted molar refractivity (Wildman–Crippen MR) is 108 cm³/mol. The lowest BCUT2D eigenvalue weighted by atomic mass is 10.1. The largest absolute Gasteiger partial charge is 0.497 e. The Morgan fingerprint density at radius 1 is 1.00 bits per heavy atom. The number of carbonyl (C=O) groups excluding carboxylic acids is 1. The summed E-state index contributed by atoms with van der Waals surface area (Å²) in [4.78, 5) is 14.3. The van der Waals surface area contributed by atoms with Crippen LogP contribution < -0.4 is 8.92 Å². The Bertz CT molecular complexity index is 905. The summed E-state index contributed by atoms with van der Waals surface area (Å²) in [6.07, 6.45) is 0. The van der Waals surface area contributed by atoms with Crippen molar-refractivity contribution in [3.05, 3.63) is 54.1 Å². The SMILES string of the molecule is COc1ccc(S(=O)(=O)Oc2ccccc2CN(C(=O)C(C)C)C(C)C)cc1. The topological polar surface area (TPSA) is 72.9 Å². The third kappa shape index (κ3) is 5.25. The second-order valence-corrected chi connectivity index (χ2v) is 8.58. The second-order valence-electron chi connectivity index (χ2n) is 7.04. The third-order valence-electron chi connectivity index (χ3n) is 4.26. The van der Waals surface area contributed by atoms with Crippen LogP contribution >= 0.6 is 0 Å². The van der Waals surface area contributed by atoms with Crippen molar-refractivity contribution < 1.29 is 22.1 Å². The zero-order valence-electron chi connectivity index (χ0n) is 16.9. The van der Waals surface area contributed by atoms with Crippen molar-refractivity contribution in [3.8, 4) is 11.5 Å². The van der Waals surface area contributed by atoms with Gasteiger partial charge in [0.15, 0.2) is 0 Å². The first-order valence-corrected chi connectivity index (χ1v) is 10.5. The molecule has 0 atom stereocenters. The van der Waals surface area contributed by atoms with Gasteiger partial charge in [-0.3, -0.25) is 4.79 Å². The van der Waals surface area contributed by atoms with Crippen molar-refractivity contribution in [1.82, 2.24) is 4.90 Å². The number of methoxy groups -OCH3 is 1. The molecule has 28 heavy (non-hydrogen) atoms. The lowest BCUT2D eigenvalue weighted by molar-refractivity contribution is -0.136. The maximum absolute atomic E-state index is 12.7. The van der Waals surface area contributed by atoms with Crippen molar-refractivity contribution in [2.24, 2.45) is 5.92 Å². The van der Waals surface area contributed by atoms with Crippen molar-refractivity contribution in [3.63, 3.8) is 0 Å². The molecule has 0 N–H and O–H groups in total. The number of nitrogens with zero attached hydrogens (tertiary/aromatic N) is 1. The fourth-order valence-corrected chi connectivity index (χ4v) is 3.62. The number of benzene rings is 2. The van der Waals surface area contributed by atoms with Crippen LogP contribution in [0.4, 0.5) is 0 Å². The zero-order valence-corrected chi connectivity index (χ0v) is 17.7. The number of ether oxygens (including phenoxy) is 1. The van der Waals surface area contributed by atoms with E-state index in [1.54, 1.807) is 41.3 Å². The van der Waals surface area contributed by atoms with Gasteiger partial charge in [-0.2, -0.15) is 8.42 Å². The Morgan fingerprint density at radius 2 is 1.61 bits per heavy atom. The molecule has 0 saturated heterocycles. The van der Waals surface area contributed by atoms with Crippen LogP contribution in [0.25, 0.3) is 0 Å². The van der Waals surface area contributed by atoms with Crippen LogP contribution in [0, 0.1) is 5.92 Å². The van der Waals surface area contributed by atoms with Gasteiger partial charge in [-0.15, -0.1) is 0 Å². The van der Waals surface area contributed by atoms with E-state index in [0.29, 0.717) is 11.3 Å². The lowest BCUT2D eigenvalue weighted by Crippen LogP contribution is -2.39. The molecule has 0 heterocycles. The first-order chi connectivity index (χ1) is 13.2. The highest BCUT2D eigenvalue weighted by molar-refractivity contribution is 7.87. The van der Waals surface area contributed by atoms with Gasteiger partial charge >= 0.3 is 10.1 Å². The van der Waals surface area contributed by atoms with E-state index in [4.69, 9.17) is 8.92 Å². The molecule has 2 rings (SSSR count). The molecule has 152 valence electrons. The number of para-hydroxylation sites is 1. The molecule has 0 bridgehead atoms. The Kier molecular flexibility index (Phi) is 7.07. The van der Waals surface area contributed by atoms with E-state index >= 15 is 0 Å². The minimum Gasteiger partial charge on any atom is -0.497 e. The monoisotopic (exact) mass is 405 g/mol. The van der Waals surface area contributed by atoms with Crippen LogP contribution in [0.5, 0.6) is 11.5 Å². The summed E-state index contributed by atoms with van der Waals surface area (Å²) >= 11 is 0. The van der Waals surface area contributed by atoms with Crippen LogP contribution in [-0.4, -0.2) is 32.4 Å². The summed E-state index contributed by atoms with van der Waals surface area (Å²) in [6.45, 7) is 7.81. The lowest BCUT2D eigenvalue weighted by Gasteiger charge is -2.29. The highest BCUT2D eigenvalue weighted by atomic mass is 32.2. The van der Waals surface area contributed by atoms with Gasteiger partial charge in [0.25, 0.3) is 0 Å². The van der Waals surface area contributed by atoms with Gasteiger partial charge in [0.1, 0.15) is 16.4 Å². The number of hydrogen-bond acceptors (Lipinski definition) is 5. The minimum atomic E-state index is -4.01. The molecular weight excluding hydrogens is 378 g/mol. The van der Waals surface area contributed by atoms with E-state index in [1.807, 2.05) is 27.7 Å². The average molecular weight is 406 g/mol. The highest BCUT2D eigenvalue weighted by Crippen LogP contribution is 2.26. The summed E-state index contributed by atoms with van der Waals surface area (Å²) in [5, 5.41) is 0. The fraction of sp³-hybridized carbons (Fsp3) is 0.381. The van der Waals surface area contributed by atoms with E-state index in [1.165, 1.54) is 19.2 Å². The van der Waals surface area contributed by atoms with Crippen LogP contribution in [0.15, 0.2) is 53.4 Å². The summed E-state index contributed by atoms with van der Waals surface area (Å²) in [5.74, 6) is 0.612. The Morgan fingerprint density at radius 3 is 2.14 bits per heavy atom. The number of amides is 1. The van der Waals surface area contributed by atoms with Gasteiger partial charge in [-0.05, 0) is 44.2 Å². The van der Waals surface area contributed by atoms with Crippen LogP contribution in [0.1, 0.15) is 33.3 Å². The molecule has 0 aliphatic rings. The molecule has 0 saturated carbocycles. The van der Waals surface area contributed by atoms with E-state index in [9.17, 15) is 13.2 Å². The molecule has 2 aromatic carbocycles.